The molecule has 0 saturated carbocycles. The van der Waals surface area contributed by atoms with Gasteiger partial charge in [0, 0.05) is 13.0 Å². The number of halogens is 1. The lowest BCUT2D eigenvalue weighted by atomic mass is 10.0. The van der Waals surface area contributed by atoms with Gasteiger partial charge in [-0.05, 0) is 44.5 Å². The Morgan fingerprint density at radius 2 is 1.94 bits per heavy atom. The summed E-state index contributed by atoms with van der Waals surface area (Å²) >= 11 is 0. The average molecular weight is 271 g/mol. The molecule has 1 amide bonds. The van der Waals surface area contributed by atoms with E-state index in [2.05, 4.69) is 42.7 Å². The van der Waals surface area contributed by atoms with Gasteiger partial charge in [0.15, 0.2) is 0 Å². The first-order chi connectivity index (χ1) is 8.04. The minimum atomic E-state index is 0. The molecule has 0 spiro atoms. The van der Waals surface area contributed by atoms with Gasteiger partial charge in [0.1, 0.15) is 0 Å². The number of benzene rings is 1. The molecule has 1 rings (SSSR count). The first kappa shape index (κ1) is 16.9. The van der Waals surface area contributed by atoms with E-state index >= 15 is 0 Å². The van der Waals surface area contributed by atoms with Crippen LogP contribution >= 0.6 is 12.4 Å². The summed E-state index contributed by atoms with van der Waals surface area (Å²) in [4.78, 5) is 11.6. The number of rotatable bonds is 5. The van der Waals surface area contributed by atoms with Crippen molar-refractivity contribution < 1.29 is 4.79 Å². The highest BCUT2D eigenvalue weighted by atomic mass is 35.5. The molecule has 0 heterocycles. The molecule has 0 radical (unpaired) electrons. The quantitative estimate of drug-likeness (QED) is 0.863. The van der Waals surface area contributed by atoms with Gasteiger partial charge in [0.05, 0.1) is 6.04 Å². The van der Waals surface area contributed by atoms with E-state index in [0.29, 0.717) is 13.0 Å². The minimum Gasteiger partial charge on any atom is -0.350 e. The van der Waals surface area contributed by atoms with E-state index in [0.717, 1.165) is 5.56 Å². The molecule has 0 fully saturated rings. The number of aryl methyl sites for hydroxylation is 2. The normalized spacial score (nSPS) is 11.6. The third-order valence-electron chi connectivity index (χ3n) is 3.01. The van der Waals surface area contributed by atoms with Crippen molar-refractivity contribution in [1.82, 2.24) is 10.6 Å². The van der Waals surface area contributed by atoms with E-state index in [9.17, 15) is 4.79 Å². The maximum atomic E-state index is 11.6. The number of amides is 1. The van der Waals surface area contributed by atoms with Crippen LogP contribution in [-0.2, 0) is 4.79 Å². The van der Waals surface area contributed by atoms with Gasteiger partial charge >= 0.3 is 0 Å². The Hall–Kier alpha value is -1.06. The first-order valence-electron chi connectivity index (χ1n) is 6.05. The van der Waals surface area contributed by atoms with Crippen LogP contribution in [0.15, 0.2) is 18.2 Å². The van der Waals surface area contributed by atoms with Crippen molar-refractivity contribution in [2.75, 3.05) is 13.6 Å². The summed E-state index contributed by atoms with van der Waals surface area (Å²) in [5.41, 5.74) is 3.70. The number of hydrogen-bond donors (Lipinski definition) is 2. The summed E-state index contributed by atoms with van der Waals surface area (Å²) in [5.74, 6) is 0.0880. The van der Waals surface area contributed by atoms with Gasteiger partial charge in [-0.25, -0.2) is 0 Å². The average Bonchev–Trinajstić information content (AvgIpc) is 2.30. The van der Waals surface area contributed by atoms with Crippen LogP contribution < -0.4 is 10.6 Å². The largest absolute Gasteiger partial charge is 0.350 e. The topological polar surface area (TPSA) is 41.1 Å². The Balaban J connectivity index is 0.00000289. The second kappa shape index (κ2) is 8.11. The van der Waals surface area contributed by atoms with E-state index < -0.39 is 0 Å². The summed E-state index contributed by atoms with van der Waals surface area (Å²) in [6.07, 6.45) is 0.520. The molecule has 3 nitrogen and oxygen atoms in total. The SMILES string of the molecule is CNCCC(=O)NC(C)c1ccc(C)c(C)c1.Cl. The van der Waals surface area contributed by atoms with Crippen molar-refractivity contribution in [1.29, 1.82) is 0 Å². The molecule has 1 aromatic rings. The molecular weight excluding hydrogens is 248 g/mol. The lowest BCUT2D eigenvalue weighted by Crippen LogP contribution is -2.29. The fraction of sp³-hybridized carbons (Fsp3) is 0.500. The van der Waals surface area contributed by atoms with E-state index in [4.69, 9.17) is 0 Å². The van der Waals surface area contributed by atoms with Crippen LogP contribution in [0.3, 0.4) is 0 Å². The zero-order chi connectivity index (χ0) is 12.8. The van der Waals surface area contributed by atoms with Crippen LogP contribution in [0.2, 0.25) is 0 Å². The fourth-order valence-corrected chi connectivity index (χ4v) is 1.67. The predicted octanol–water partition coefficient (Wildman–Crippen LogP) is 2.51. The van der Waals surface area contributed by atoms with Crippen molar-refractivity contribution in [2.24, 2.45) is 0 Å². The molecule has 0 aliphatic carbocycles. The van der Waals surface area contributed by atoms with Crippen molar-refractivity contribution in [3.8, 4) is 0 Å². The summed E-state index contributed by atoms with van der Waals surface area (Å²) in [7, 11) is 1.85. The number of carbonyl (C=O) groups excluding carboxylic acids is 1. The fourth-order valence-electron chi connectivity index (χ4n) is 1.67. The monoisotopic (exact) mass is 270 g/mol. The second-order valence-electron chi connectivity index (χ2n) is 4.49. The molecule has 102 valence electrons. The molecule has 18 heavy (non-hydrogen) atoms. The van der Waals surface area contributed by atoms with Crippen molar-refractivity contribution in [3.05, 3.63) is 34.9 Å². The van der Waals surface area contributed by atoms with Crippen LogP contribution in [0, 0.1) is 13.8 Å². The van der Waals surface area contributed by atoms with E-state index in [1.807, 2.05) is 14.0 Å². The van der Waals surface area contributed by atoms with Gasteiger partial charge in [-0.2, -0.15) is 0 Å². The van der Waals surface area contributed by atoms with Gasteiger partial charge in [-0.3, -0.25) is 4.79 Å². The number of hydrogen-bond acceptors (Lipinski definition) is 2. The Morgan fingerprint density at radius 3 is 2.50 bits per heavy atom. The molecule has 1 atom stereocenters. The first-order valence-corrected chi connectivity index (χ1v) is 6.05. The molecular formula is C14H23ClN2O. The Kier molecular flexibility index (Phi) is 7.64. The molecule has 1 unspecified atom stereocenters. The molecule has 0 aliphatic rings. The summed E-state index contributed by atoms with van der Waals surface area (Å²) in [6.45, 7) is 6.91. The molecule has 1 aromatic carbocycles. The summed E-state index contributed by atoms with van der Waals surface area (Å²) in [5, 5.41) is 5.97. The van der Waals surface area contributed by atoms with Crippen LogP contribution in [0.1, 0.15) is 36.1 Å². The zero-order valence-corrected chi connectivity index (χ0v) is 12.4. The second-order valence-corrected chi connectivity index (χ2v) is 4.49. The lowest BCUT2D eigenvalue weighted by Gasteiger charge is -2.15. The smallest absolute Gasteiger partial charge is 0.221 e. The van der Waals surface area contributed by atoms with Crippen molar-refractivity contribution >= 4 is 18.3 Å². The molecule has 0 aliphatic heterocycles. The van der Waals surface area contributed by atoms with Crippen LogP contribution in [0.4, 0.5) is 0 Å². The third-order valence-corrected chi connectivity index (χ3v) is 3.01. The zero-order valence-electron chi connectivity index (χ0n) is 11.5. The summed E-state index contributed by atoms with van der Waals surface area (Å²) < 4.78 is 0. The highest BCUT2D eigenvalue weighted by Gasteiger charge is 2.09. The maximum Gasteiger partial charge on any atom is 0.221 e. The Labute approximate surface area is 116 Å². The van der Waals surface area contributed by atoms with Crippen molar-refractivity contribution in [3.63, 3.8) is 0 Å². The van der Waals surface area contributed by atoms with Gasteiger partial charge in [-0.15, -0.1) is 12.4 Å². The molecule has 0 aromatic heterocycles. The van der Waals surface area contributed by atoms with Gasteiger partial charge in [0.2, 0.25) is 5.91 Å². The highest BCUT2D eigenvalue weighted by molar-refractivity contribution is 5.85. The minimum absolute atomic E-state index is 0. The van der Waals surface area contributed by atoms with E-state index in [-0.39, 0.29) is 24.4 Å². The van der Waals surface area contributed by atoms with Gasteiger partial charge in [-0.1, -0.05) is 18.2 Å². The Bertz CT molecular complexity index is 393. The van der Waals surface area contributed by atoms with Crippen molar-refractivity contribution in [2.45, 2.75) is 33.2 Å². The maximum absolute atomic E-state index is 11.6. The molecule has 4 heteroatoms. The molecule has 0 bridgehead atoms. The molecule has 0 saturated heterocycles. The number of carbonyl (C=O) groups is 1. The van der Waals surface area contributed by atoms with E-state index in [1.54, 1.807) is 0 Å². The third kappa shape index (κ3) is 5.07. The highest BCUT2D eigenvalue weighted by Crippen LogP contribution is 2.16. The standard InChI is InChI=1S/C14H22N2O.ClH/c1-10-5-6-13(9-11(10)2)12(3)16-14(17)7-8-15-4;/h5-6,9,12,15H,7-8H2,1-4H3,(H,16,17);1H. The Morgan fingerprint density at radius 1 is 1.28 bits per heavy atom. The predicted molar refractivity (Wildman–Crippen MR) is 78.3 cm³/mol. The van der Waals surface area contributed by atoms with E-state index in [1.165, 1.54) is 11.1 Å². The van der Waals surface area contributed by atoms with Gasteiger partial charge < -0.3 is 10.6 Å². The van der Waals surface area contributed by atoms with Crippen LogP contribution in [0.25, 0.3) is 0 Å². The number of nitrogens with one attached hydrogen (secondary N) is 2. The van der Waals surface area contributed by atoms with Crippen LogP contribution in [-0.4, -0.2) is 19.5 Å². The van der Waals surface area contributed by atoms with Crippen LogP contribution in [0.5, 0.6) is 0 Å². The van der Waals surface area contributed by atoms with Gasteiger partial charge in [0.25, 0.3) is 0 Å². The summed E-state index contributed by atoms with van der Waals surface area (Å²) in [6, 6.07) is 6.38. The molecule has 2 N–H and O–H groups in total. The lowest BCUT2D eigenvalue weighted by molar-refractivity contribution is -0.121.